The summed E-state index contributed by atoms with van der Waals surface area (Å²) in [5.41, 5.74) is 5.26. The van der Waals surface area contributed by atoms with E-state index in [0.717, 1.165) is 18.5 Å². The molecule has 0 spiro atoms. The van der Waals surface area contributed by atoms with Crippen molar-refractivity contribution in [3.05, 3.63) is 65.2 Å². The smallest absolute Gasteiger partial charge is 0.0733 e. The van der Waals surface area contributed by atoms with E-state index in [-0.39, 0.29) is 0 Å². The SMILES string of the molecule is O/N=C/c1ccc(CCN2CCC(N3CCc4ccccc43)CC2)cc1. The number of likely N-dealkylation sites (tertiary alicyclic amines) is 1. The first kappa shape index (κ1) is 17.1. The molecule has 4 rings (SSSR count). The number of piperidine rings is 1. The normalized spacial score (nSPS) is 18.5. The van der Waals surface area contributed by atoms with E-state index in [2.05, 4.69) is 51.4 Å². The molecule has 2 heterocycles. The van der Waals surface area contributed by atoms with Crippen LogP contribution in [-0.2, 0) is 12.8 Å². The molecule has 0 bridgehead atoms. The summed E-state index contributed by atoms with van der Waals surface area (Å²) >= 11 is 0. The molecule has 1 fully saturated rings. The number of para-hydroxylation sites is 1. The first-order valence-corrected chi connectivity index (χ1v) is 9.67. The van der Waals surface area contributed by atoms with E-state index in [1.54, 1.807) is 0 Å². The van der Waals surface area contributed by atoms with Gasteiger partial charge in [-0.25, -0.2) is 0 Å². The topological polar surface area (TPSA) is 39.1 Å². The van der Waals surface area contributed by atoms with Gasteiger partial charge in [-0.05, 0) is 48.4 Å². The fourth-order valence-electron chi connectivity index (χ4n) is 4.32. The second-order valence-electron chi connectivity index (χ2n) is 7.38. The second-order valence-corrected chi connectivity index (χ2v) is 7.38. The fourth-order valence-corrected chi connectivity index (χ4v) is 4.32. The van der Waals surface area contributed by atoms with Gasteiger partial charge in [0.25, 0.3) is 0 Å². The van der Waals surface area contributed by atoms with Gasteiger partial charge in [-0.2, -0.15) is 0 Å². The van der Waals surface area contributed by atoms with Gasteiger partial charge >= 0.3 is 0 Å². The summed E-state index contributed by atoms with van der Waals surface area (Å²) in [6.07, 6.45) is 6.27. The third-order valence-corrected chi connectivity index (χ3v) is 5.82. The summed E-state index contributed by atoms with van der Waals surface area (Å²) in [4.78, 5) is 5.25. The van der Waals surface area contributed by atoms with E-state index in [1.807, 2.05) is 12.1 Å². The van der Waals surface area contributed by atoms with Crippen molar-refractivity contribution < 1.29 is 5.21 Å². The predicted octanol–water partition coefficient (Wildman–Crippen LogP) is 3.56. The Hall–Kier alpha value is -2.33. The number of anilines is 1. The lowest BCUT2D eigenvalue weighted by Crippen LogP contribution is -2.44. The summed E-state index contributed by atoms with van der Waals surface area (Å²) in [6, 6.07) is 17.9. The van der Waals surface area contributed by atoms with Crippen LogP contribution >= 0.6 is 0 Å². The molecule has 1 N–H and O–H groups in total. The molecule has 4 heteroatoms. The zero-order valence-corrected chi connectivity index (χ0v) is 15.2. The van der Waals surface area contributed by atoms with Crippen molar-refractivity contribution in [2.24, 2.45) is 5.16 Å². The van der Waals surface area contributed by atoms with Gasteiger partial charge in [0, 0.05) is 37.9 Å². The number of nitrogens with zero attached hydrogens (tertiary/aromatic N) is 3. The number of hydrogen-bond donors (Lipinski definition) is 1. The second kappa shape index (κ2) is 7.92. The number of hydrogen-bond acceptors (Lipinski definition) is 4. The molecule has 1 saturated heterocycles. The standard InChI is InChI=1S/C22H27N3O/c26-23-17-19-7-5-18(6-8-19)9-13-24-14-11-21(12-15-24)25-16-10-20-3-1-2-4-22(20)25/h1-8,17,21,26H,9-16H2/b23-17+. The molecule has 26 heavy (non-hydrogen) atoms. The Kier molecular flexibility index (Phi) is 5.21. The number of benzene rings is 2. The Morgan fingerprint density at radius 3 is 2.54 bits per heavy atom. The Morgan fingerprint density at radius 1 is 1.00 bits per heavy atom. The quantitative estimate of drug-likeness (QED) is 0.510. The van der Waals surface area contributed by atoms with Gasteiger partial charge < -0.3 is 15.0 Å². The van der Waals surface area contributed by atoms with E-state index < -0.39 is 0 Å². The molecule has 0 aromatic heterocycles. The largest absolute Gasteiger partial charge is 0.411 e. The summed E-state index contributed by atoms with van der Waals surface area (Å²) in [6.45, 7) is 4.70. The highest BCUT2D eigenvalue weighted by atomic mass is 16.4. The Bertz CT molecular complexity index is 748. The van der Waals surface area contributed by atoms with Crippen LogP contribution in [0.4, 0.5) is 5.69 Å². The average Bonchev–Trinajstić information content (AvgIpc) is 3.12. The van der Waals surface area contributed by atoms with E-state index in [4.69, 9.17) is 5.21 Å². The van der Waals surface area contributed by atoms with Crippen molar-refractivity contribution in [3.63, 3.8) is 0 Å². The van der Waals surface area contributed by atoms with Crippen molar-refractivity contribution in [2.45, 2.75) is 31.7 Å². The fraction of sp³-hybridized carbons (Fsp3) is 0.409. The van der Waals surface area contributed by atoms with Crippen LogP contribution < -0.4 is 4.90 Å². The van der Waals surface area contributed by atoms with Crippen molar-refractivity contribution in [1.29, 1.82) is 0 Å². The summed E-state index contributed by atoms with van der Waals surface area (Å²) in [5, 5.41) is 11.6. The maximum Gasteiger partial charge on any atom is 0.0733 e. The van der Waals surface area contributed by atoms with Gasteiger partial charge in [0.15, 0.2) is 0 Å². The minimum atomic E-state index is 0.701. The Balaban J connectivity index is 1.26. The first-order chi connectivity index (χ1) is 12.8. The van der Waals surface area contributed by atoms with Gasteiger partial charge in [0.05, 0.1) is 6.21 Å². The van der Waals surface area contributed by atoms with Gasteiger partial charge in [0.2, 0.25) is 0 Å². The number of rotatable bonds is 5. The molecule has 2 aromatic carbocycles. The molecule has 0 atom stereocenters. The monoisotopic (exact) mass is 349 g/mol. The van der Waals surface area contributed by atoms with Crippen LogP contribution in [0.15, 0.2) is 53.7 Å². The van der Waals surface area contributed by atoms with E-state index in [0.29, 0.717) is 6.04 Å². The van der Waals surface area contributed by atoms with E-state index >= 15 is 0 Å². The van der Waals surface area contributed by atoms with Crippen LogP contribution in [0.1, 0.15) is 29.5 Å². The molecule has 136 valence electrons. The van der Waals surface area contributed by atoms with Crippen LogP contribution in [0.3, 0.4) is 0 Å². The zero-order chi connectivity index (χ0) is 17.8. The zero-order valence-electron chi connectivity index (χ0n) is 15.2. The molecule has 0 unspecified atom stereocenters. The average molecular weight is 349 g/mol. The third kappa shape index (κ3) is 3.75. The minimum Gasteiger partial charge on any atom is -0.411 e. The molecule has 0 amide bonds. The summed E-state index contributed by atoms with van der Waals surface area (Å²) in [5.74, 6) is 0. The molecule has 4 nitrogen and oxygen atoms in total. The highest BCUT2D eigenvalue weighted by molar-refractivity contribution is 5.78. The molecular weight excluding hydrogens is 322 g/mol. The van der Waals surface area contributed by atoms with Crippen molar-refractivity contribution >= 4 is 11.9 Å². The predicted molar refractivity (Wildman–Crippen MR) is 106 cm³/mol. The van der Waals surface area contributed by atoms with Crippen molar-refractivity contribution in [1.82, 2.24) is 4.90 Å². The van der Waals surface area contributed by atoms with Gasteiger partial charge in [0.1, 0.15) is 0 Å². The van der Waals surface area contributed by atoms with Gasteiger partial charge in [-0.15, -0.1) is 0 Å². The number of fused-ring (bicyclic) bond motifs is 1. The van der Waals surface area contributed by atoms with Gasteiger partial charge in [-0.1, -0.05) is 47.6 Å². The van der Waals surface area contributed by atoms with Crippen molar-refractivity contribution in [3.8, 4) is 0 Å². The highest BCUT2D eigenvalue weighted by Crippen LogP contribution is 2.32. The summed E-state index contributed by atoms with van der Waals surface area (Å²) < 4.78 is 0. The minimum absolute atomic E-state index is 0.701. The molecule has 2 aliphatic rings. The lowest BCUT2D eigenvalue weighted by atomic mass is 10.0. The lowest BCUT2D eigenvalue weighted by molar-refractivity contribution is 0.212. The van der Waals surface area contributed by atoms with E-state index in [1.165, 1.54) is 61.9 Å². The highest BCUT2D eigenvalue weighted by Gasteiger charge is 2.28. The molecular formula is C22H27N3O. The summed E-state index contributed by atoms with van der Waals surface area (Å²) in [7, 11) is 0. The molecule has 2 aliphatic heterocycles. The lowest BCUT2D eigenvalue weighted by Gasteiger charge is -2.38. The number of oxime groups is 1. The van der Waals surface area contributed by atoms with Crippen molar-refractivity contribution in [2.75, 3.05) is 31.1 Å². The molecule has 0 saturated carbocycles. The van der Waals surface area contributed by atoms with Crippen LogP contribution in [0.25, 0.3) is 0 Å². The molecule has 2 aromatic rings. The first-order valence-electron chi connectivity index (χ1n) is 9.67. The molecule has 0 aliphatic carbocycles. The van der Waals surface area contributed by atoms with Crippen LogP contribution in [0.2, 0.25) is 0 Å². The van der Waals surface area contributed by atoms with Crippen LogP contribution in [0.5, 0.6) is 0 Å². The maximum absolute atomic E-state index is 8.58. The van der Waals surface area contributed by atoms with Crippen LogP contribution in [-0.4, -0.2) is 48.5 Å². The third-order valence-electron chi connectivity index (χ3n) is 5.82. The van der Waals surface area contributed by atoms with Crippen LogP contribution in [0, 0.1) is 0 Å². The Labute approximate surface area is 155 Å². The maximum atomic E-state index is 8.58. The van der Waals surface area contributed by atoms with Gasteiger partial charge in [-0.3, -0.25) is 0 Å². The Morgan fingerprint density at radius 2 is 1.77 bits per heavy atom. The molecule has 0 radical (unpaired) electrons. The van der Waals surface area contributed by atoms with E-state index in [9.17, 15) is 0 Å².